The zero-order valence-corrected chi connectivity index (χ0v) is 10.9. The summed E-state index contributed by atoms with van der Waals surface area (Å²) in [6.45, 7) is 1.70. The Labute approximate surface area is 103 Å². The lowest BCUT2D eigenvalue weighted by atomic mass is 10.2. The minimum atomic E-state index is -3.27. The summed E-state index contributed by atoms with van der Waals surface area (Å²) in [5.74, 6) is 0.465. The van der Waals surface area contributed by atoms with Gasteiger partial charge in [0.05, 0.1) is 0 Å². The largest absolute Gasteiger partial charge is 0.329 e. The second-order valence-electron chi connectivity index (χ2n) is 4.41. The Morgan fingerprint density at radius 1 is 1.31 bits per heavy atom. The molecule has 0 aromatic heterocycles. The summed E-state index contributed by atoms with van der Waals surface area (Å²) >= 11 is 0. The molecule has 0 spiro atoms. The van der Waals surface area contributed by atoms with Gasteiger partial charge < -0.3 is 5.73 Å². The van der Waals surface area contributed by atoms with Gasteiger partial charge in [0, 0.05) is 25.7 Å². The Hall–Kier alpha value is 0.120. The first-order valence-corrected chi connectivity index (χ1v) is 7.05. The lowest BCUT2D eigenvalue weighted by Gasteiger charge is -2.21. The molecule has 0 amide bonds. The molecule has 1 aliphatic carbocycles. The Morgan fingerprint density at radius 2 is 1.88 bits per heavy atom. The van der Waals surface area contributed by atoms with Gasteiger partial charge in [-0.3, -0.25) is 0 Å². The topological polar surface area (TPSA) is 75.4 Å². The molecule has 7 heteroatoms. The highest BCUT2D eigenvalue weighted by Gasteiger charge is 2.35. The number of nitrogens with one attached hydrogen (secondary N) is 1. The molecular weight excluding hydrogens is 250 g/mol. The molecular formula is C9H20ClN3O2S. The van der Waals surface area contributed by atoms with Gasteiger partial charge in [0.1, 0.15) is 0 Å². The highest BCUT2D eigenvalue weighted by Crippen LogP contribution is 2.32. The molecule has 1 saturated heterocycles. The van der Waals surface area contributed by atoms with E-state index in [0.717, 1.165) is 25.7 Å². The average molecular weight is 270 g/mol. The molecule has 2 fully saturated rings. The fourth-order valence-electron chi connectivity index (χ4n) is 2.03. The fourth-order valence-corrected chi connectivity index (χ4v) is 3.59. The Kier molecular flexibility index (Phi) is 5.00. The van der Waals surface area contributed by atoms with E-state index < -0.39 is 10.2 Å². The van der Waals surface area contributed by atoms with Crippen LogP contribution in [0.15, 0.2) is 0 Å². The second-order valence-corrected chi connectivity index (χ2v) is 6.11. The summed E-state index contributed by atoms with van der Waals surface area (Å²) < 4.78 is 28.0. The first-order chi connectivity index (χ1) is 7.13. The summed E-state index contributed by atoms with van der Waals surface area (Å²) in [7, 11) is -3.27. The molecule has 1 saturated carbocycles. The van der Waals surface area contributed by atoms with Crippen LogP contribution in [-0.2, 0) is 10.2 Å². The van der Waals surface area contributed by atoms with Crippen molar-refractivity contribution in [1.29, 1.82) is 0 Å². The summed E-state index contributed by atoms with van der Waals surface area (Å²) in [6.07, 6.45) is 4.14. The number of nitrogens with two attached hydrogens (primary N) is 1. The van der Waals surface area contributed by atoms with Crippen LogP contribution in [0.1, 0.15) is 25.7 Å². The molecule has 3 N–H and O–H groups in total. The number of hydrogen-bond donors (Lipinski definition) is 2. The van der Waals surface area contributed by atoms with Gasteiger partial charge in [-0.25, -0.2) is 0 Å². The molecule has 16 heavy (non-hydrogen) atoms. The molecule has 1 atom stereocenters. The van der Waals surface area contributed by atoms with Gasteiger partial charge in [-0.15, -0.1) is 12.4 Å². The first kappa shape index (κ1) is 14.2. The Balaban J connectivity index is 0.00000128. The highest BCUT2D eigenvalue weighted by molar-refractivity contribution is 7.87. The third-order valence-electron chi connectivity index (χ3n) is 3.15. The van der Waals surface area contributed by atoms with Crippen LogP contribution in [-0.4, -0.2) is 38.4 Å². The first-order valence-electron chi connectivity index (χ1n) is 5.61. The van der Waals surface area contributed by atoms with E-state index in [9.17, 15) is 8.42 Å². The van der Waals surface area contributed by atoms with Gasteiger partial charge in [0.2, 0.25) is 0 Å². The standard InChI is InChI=1S/C9H19N3O2S.ClH/c10-7-9(8-3-4-8)11-15(13,14)12-5-1-2-6-12;/h8-9,11H,1-7,10H2;1H. The van der Waals surface area contributed by atoms with E-state index in [2.05, 4.69) is 4.72 Å². The molecule has 2 rings (SSSR count). The molecule has 1 heterocycles. The van der Waals surface area contributed by atoms with Crippen molar-refractivity contribution < 1.29 is 8.42 Å². The van der Waals surface area contributed by atoms with Crippen molar-refractivity contribution >= 4 is 22.6 Å². The van der Waals surface area contributed by atoms with Gasteiger partial charge in [0.25, 0.3) is 10.2 Å². The summed E-state index contributed by atoms with van der Waals surface area (Å²) in [4.78, 5) is 0. The molecule has 1 unspecified atom stereocenters. The van der Waals surface area contributed by atoms with E-state index in [1.807, 2.05) is 0 Å². The van der Waals surface area contributed by atoms with Gasteiger partial charge in [-0.1, -0.05) is 0 Å². The summed E-state index contributed by atoms with van der Waals surface area (Å²) in [5.41, 5.74) is 5.57. The van der Waals surface area contributed by atoms with Gasteiger partial charge in [-0.2, -0.15) is 17.4 Å². The van der Waals surface area contributed by atoms with Crippen molar-refractivity contribution in [1.82, 2.24) is 9.03 Å². The van der Waals surface area contributed by atoms with Crippen LogP contribution in [0.3, 0.4) is 0 Å². The van der Waals surface area contributed by atoms with Crippen molar-refractivity contribution in [3.8, 4) is 0 Å². The third kappa shape index (κ3) is 3.30. The van der Waals surface area contributed by atoms with Crippen molar-refractivity contribution in [2.75, 3.05) is 19.6 Å². The van der Waals surface area contributed by atoms with Gasteiger partial charge >= 0.3 is 0 Å². The number of hydrogen-bond acceptors (Lipinski definition) is 3. The molecule has 5 nitrogen and oxygen atoms in total. The van der Waals surface area contributed by atoms with Crippen LogP contribution in [0, 0.1) is 5.92 Å². The normalized spacial score (nSPS) is 24.1. The fraction of sp³-hybridized carbons (Fsp3) is 1.00. The molecule has 2 aliphatic rings. The molecule has 0 aromatic rings. The van der Waals surface area contributed by atoms with Crippen LogP contribution in [0.2, 0.25) is 0 Å². The molecule has 0 radical (unpaired) electrons. The maximum Gasteiger partial charge on any atom is 0.279 e. The van der Waals surface area contributed by atoms with E-state index in [1.165, 1.54) is 4.31 Å². The zero-order chi connectivity index (χ0) is 10.9. The van der Waals surface area contributed by atoms with E-state index >= 15 is 0 Å². The van der Waals surface area contributed by atoms with Crippen molar-refractivity contribution in [2.45, 2.75) is 31.7 Å². The predicted molar refractivity (Wildman–Crippen MR) is 65.7 cm³/mol. The van der Waals surface area contributed by atoms with Crippen molar-refractivity contribution in [2.24, 2.45) is 11.7 Å². The third-order valence-corrected chi connectivity index (χ3v) is 4.80. The monoisotopic (exact) mass is 269 g/mol. The van der Waals surface area contributed by atoms with Gasteiger partial charge in [0.15, 0.2) is 0 Å². The lowest BCUT2D eigenvalue weighted by molar-refractivity contribution is 0.442. The second kappa shape index (κ2) is 5.64. The summed E-state index contributed by atoms with van der Waals surface area (Å²) in [5, 5.41) is 0. The average Bonchev–Trinajstić information content (AvgIpc) is 2.88. The minimum Gasteiger partial charge on any atom is -0.329 e. The van der Waals surface area contributed by atoms with E-state index in [0.29, 0.717) is 25.6 Å². The minimum absolute atomic E-state index is 0. The smallest absolute Gasteiger partial charge is 0.279 e. The van der Waals surface area contributed by atoms with E-state index in [1.54, 1.807) is 0 Å². The number of rotatable bonds is 5. The highest BCUT2D eigenvalue weighted by atomic mass is 35.5. The Bertz CT molecular complexity index is 313. The van der Waals surface area contributed by atoms with Crippen LogP contribution in [0.4, 0.5) is 0 Å². The molecule has 0 aromatic carbocycles. The van der Waals surface area contributed by atoms with E-state index in [4.69, 9.17) is 5.73 Å². The zero-order valence-electron chi connectivity index (χ0n) is 9.26. The van der Waals surface area contributed by atoms with E-state index in [-0.39, 0.29) is 18.4 Å². The Morgan fingerprint density at radius 3 is 2.31 bits per heavy atom. The SMILES string of the molecule is Cl.NCC(NS(=O)(=O)N1CCCC1)C1CC1. The van der Waals surface area contributed by atoms with Crippen LogP contribution in [0.25, 0.3) is 0 Å². The van der Waals surface area contributed by atoms with Crippen LogP contribution >= 0.6 is 12.4 Å². The summed E-state index contributed by atoms with van der Waals surface area (Å²) in [6, 6.07) is -0.0596. The van der Waals surface area contributed by atoms with Crippen molar-refractivity contribution in [3.05, 3.63) is 0 Å². The maximum atomic E-state index is 11.9. The molecule has 96 valence electrons. The predicted octanol–water partition coefficient (Wildman–Crippen LogP) is 0.0757. The van der Waals surface area contributed by atoms with Crippen LogP contribution in [0.5, 0.6) is 0 Å². The lowest BCUT2D eigenvalue weighted by Crippen LogP contribution is -2.48. The quantitative estimate of drug-likeness (QED) is 0.742. The number of halogens is 1. The van der Waals surface area contributed by atoms with Crippen molar-refractivity contribution in [3.63, 3.8) is 0 Å². The number of nitrogens with zero attached hydrogens (tertiary/aromatic N) is 1. The molecule has 0 bridgehead atoms. The molecule has 1 aliphatic heterocycles. The van der Waals surface area contributed by atoms with Crippen LogP contribution < -0.4 is 10.5 Å². The maximum absolute atomic E-state index is 11.9. The van der Waals surface area contributed by atoms with Gasteiger partial charge in [-0.05, 0) is 31.6 Å².